The van der Waals surface area contributed by atoms with E-state index in [1.54, 1.807) is 49.9 Å². The molecule has 1 aliphatic heterocycles. The summed E-state index contributed by atoms with van der Waals surface area (Å²) < 4.78 is 5.18. The average Bonchev–Trinajstić information content (AvgIpc) is 2.46. The Kier molecular flexibility index (Phi) is 5.26. The Hall–Kier alpha value is -2.08. The summed E-state index contributed by atoms with van der Waals surface area (Å²) in [6, 6.07) is 6.71. The quantitative estimate of drug-likeness (QED) is 0.878. The molecule has 6 heteroatoms. The smallest absolute Gasteiger partial charge is 0.412 e. The van der Waals surface area contributed by atoms with Crippen molar-refractivity contribution in [1.29, 1.82) is 0 Å². The molecule has 0 radical (unpaired) electrons. The number of hydrogen-bond donors (Lipinski definition) is 2. The first-order valence-corrected chi connectivity index (χ1v) is 7.82. The molecule has 0 aromatic heterocycles. The number of benzene rings is 1. The highest BCUT2D eigenvalue weighted by atomic mass is 16.6. The fraction of sp³-hybridized carbons (Fsp3) is 0.529. The van der Waals surface area contributed by atoms with E-state index in [0.29, 0.717) is 37.2 Å². The van der Waals surface area contributed by atoms with Crippen LogP contribution in [0.1, 0.15) is 44.0 Å². The number of nitrogens with one attached hydrogen (secondary N) is 1. The van der Waals surface area contributed by atoms with Crippen LogP contribution in [-0.2, 0) is 4.74 Å². The van der Waals surface area contributed by atoms with Crippen LogP contribution in [0.3, 0.4) is 0 Å². The van der Waals surface area contributed by atoms with Crippen molar-refractivity contribution in [2.75, 3.05) is 18.4 Å². The number of carbonyl (C=O) groups excluding carboxylic acids is 2. The number of hydrogen-bond acceptors (Lipinski definition) is 4. The van der Waals surface area contributed by atoms with Crippen LogP contribution in [0.2, 0.25) is 0 Å². The van der Waals surface area contributed by atoms with Crippen molar-refractivity contribution in [3.63, 3.8) is 0 Å². The van der Waals surface area contributed by atoms with Crippen molar-refractivity contribution >= 4 is 17.7 Å². The van der Waals surface area contributed by atoms with Crippen molar-refractivity contribution in [3.8, 4) is 0 Å². The van der Waals surface area contributed by atoms with Gasteiger partial charge >= 0.3 is 6.09 Å². The first-order chi connectivity index (χ1) is 10.7. The highest BCUT2D eigenvalue weighted by molar-refractivity contribution is 5.95. The summed E-state index contributed by atoms with van der Waals surface area (Å²) in [5, 5.41) is 12.1. The van der Waals surface area contributed by atoms with Gasteiger partial charge in [0.1, 0.15) is 5.60 Å². The summed E-state index contributed by atoms with van der Waals surface area (Å²) in [6.45, 7) is 6.52. The summed E-state index contributed by atoms with van der Waals surface area (Å²) in [7, 11) is 0. The fourth-order valence-electron chi connectivity index (χ4n) is 2.37. The van der Waals surface area contributed by atoms with Gasteiger partial charge in [0.05, 0.1) is 6.10 Å². The van der Waals surface area contributed by atoms with Crippen LogP contribution in [0.4, 0.5) is 10.5 Å². The minimum atomic E-state index is -0.557. The SMILES string of the molecule is CC(C)(C)OC(=O)Nc1ccc(C(=O)N2CCC(O)CC2)cc1. The van der Waals surface area contributed by atoms with Gasteiger partial charge in [-0.2, -0.15) is 0 Å². The molecule has 1 heterocycles. The predicted molar refractivity (Wildman–Crippen MR) is 87.4 cm³/mol. The van der Waals surface area contributed by atoms with Crippen LogP contribution < -0.4 is 5.32 Å². The number of aliphatic hydroxyl groups is 1. The van der Waals surface area contributed by atoms with Crippen molar-refractivity contribution in [1.82, 2.24) is 4.90 Å². The molecule has 2 rings (SSSR count). The van der Waals surface area contributed by atoms with Gasteiger partial charge in [-0.1, -0.05) is 0 Å². The molecule has 1 aromatic carbocycles. The third-order valence-electron chi connectivity index (χ3n) is 3.53. The second-order valence-corrected chi connectivity index (χ2v) is 6.73. The maximum Gasteiger partial charge on any atom is 0.412 e. The number of aliphatic hydroxyl groups excluding tert-OH is 1. The molecule has 1 fully saturated rings. The molecule has 0 unspecified atom stereocenters. The second-order valence-electron chi connectivity index (χ2n) is 6.73. The van der Waals surface area contributed by atoms with E-state index in [2.05, 4.69) is 5.32 Å². The van der Waals surface area contributed by atoms with Gasteiger partial charge < -0.3 is 14.7 Å². The van der Waals surface area contributed by atoms with Crippen molar-refractivity contribution in [2.24, 2.45) is 0 Å². The number of rotatable bonds is 2. The maximum atomic E-state index is 12.4. The molecule has 0 atom stereocenters. The molecule has 1 aromatic rings. The Bertz CT molecular complexity index is 555. The molecule has 0 aliphatic carbocycles. The van der Waals surface area contributed by atoms with Gasteiger partial charge in [0.25, 0.3) is 5.91 Å². The van der Waals surface area contributed by atoms with Gasteiger partial charge in [0.15, 0.2) is 0 Å². The van der Waals surface area contributed by atoms with Gasteiger partial charge in [-0.3, -0.25) is 10.1 Å². The largest absolute Gasteiger partial charge is 0.444 e. The molecule has 1 aliphatic rings. The normalized spacial score (nSPS) is 16.1. The lowest BCUT2D eigenvalue weighted by atomic mass is 10.1. The zero-order valence-electron chi connectivity index (χ0n) is 13.8. The van der Waals surface area contributed by atoms with E-state index in [-0.39, 0.29) is 12.0 Å². The number of anilines is 1. The number of carbonyl (C=O) groups is 2. The molecule has 126 valence electrons. The van der Waals surface area contributed by atoms with Crippen LogP contribution in [0.5, 0.6) is 0 Å². The first-order valence-electron chi connectivity index (χ1n) is 7.82. The minimum Gasteiger partial charge on any atom is -0.444 e. The number of piperidine rings is 1. The third-order valence-corrected chi connectivity index (χ3v) is 3.53. The Labute approximate surface area is 136 Å². The highest BCUT2D eigenvalue weighted by Crippen LogP contribution is 2.17. The standard InChI is InChI=1S/C17H24N2O4/c1-17(2,3)23-16(22)18-13-6-4-12(5-7-13)15(21)19-10-8-14(20)9-11-19/h4-7,14,20H,8-11H2,1-3H3,(H,18,22). The Morgan fingerprint density at radius 2 is 1.74 bits per heavy atom. The highest BCUT2D eigenvalue weighted by Gasteiger charge is 2.22. The van der Waals surface area contributed by atoms with E-state index in [1.165, 1.54) is 0 Å². The molecule has 0 bridgehead atoms. The minimum absolute atomic E-state index is 0.0549. The lowest BCUT2D eigenvalue weighted by Crippen LogP contribution is -2.40. The zero-order chi connectivity index (χ0) is 17.0. The number of likely N-dealkylation sites (tertiary alicyclic amines) is 1. The van der Waals surface area contributed by atoms with E-state index < -0.39 is 11.7 Å². The molecular formula is C17H24N2O4. The summed E-state index contributed by atoms with van der Waals surface area (Å²) in [6.07, 6.45) is 0.398. The third kappa shape index (κ3) is 5.25. The fourth-order valence-corrected chi connectivity index (χ4v) is 2.37. The Morgan fingerprint density at radius 3 is 2.26 bits per heavy atom. The maximum absolute atomic E-state index is 12.4. The van der Waals surface area contributed by atoms with E-state index in [9.17, 15) is 14.7 Å². The topological polar surface area (TPSA) is 78.9 Å². The first kappa shape index (κ1) is 17.3. The molecular weight excluding hydrogens is 296 g/mol. The van der Waals surface area contributed by atoms with Crippen molar-refractivity contribution in [3.05, 3.63) is 29.8 Å². The van der Waals surface area contributed by atoms with E-state index in [0.717, 1.165) is 0 Å². The monoisotopic (exact) mass is 320 g/mol. The van der Waals surface area contributed by atoms with Crippen LogP contribution >= 0.6 is 0 Å². The number of ether oxygens (including phenoxy) is 1. The van der Waals surface area contributed by atoms with E-state index in [4.69, 9.17) is 4.74 Å². The summed E-state index contributed by atoms with van der Waals surface area (Å²) in [5.74, 6) is -0.0549. The summed E-state index contributed by atoms with van der Waals surface area (Å²) >= 11 is 0. The van der Waals surface area contributed by atoms with Gasteiger partial charge in [-0.15, -0.1) is 0 Å². The lowest BCUT2D eigenvalue weighted by Gasteiger charge is -2.29. The Morgan fingerprint density at radius 1 is 1.17 bits per heavy atom. The summed E-state index contributed by atoms with van der Waals surface area (Å²) in [5.41, 5.74) is 0.583. The molecule has 2 amide bonds. The molecule has 0 saturated carbocycles. The van der Waals surface area contributed by atoms with Gasteiger partial charge in [-0.05, 0) is 57.9 Å². The van der Waals surface area contributed by atoms with Gasteiger partial charge in [0.2, 0.25) is 0 Å². The predicted octanol–water partition coefficient (Wildman–Crippen LogP) is 2.63. The summed E-state index contributed by atoms with van der Waals surface area (Å²) in [4.78, 5) is 25.8. The van der Waals surface area contributed by atoms with Crippen LogP contribution in [0.25, 0.3) is 0 Å². The lowest BCUT2D eigenvalue weighted by molar-refractivity contribution is 0.0545. The van der Waals surface area contributed by atoms with Crippen molar-refractivity contribution < 1.29 is 19.4 Å². The van der Waals surface area contributed by atoms with Gasteiger partial charge in [-0.25, -0.2) is 4.79 Å². The van der Waals surface area contributed by atoms with Crippen LogP contribution in [0, 0.1) is 0 Å². The Balaban J connectivity index is 1.94. The number of nitrogens with zero attached hydrogens (tertiary/aromatic N) is 1. The number of amides is 2. The molecule has 0 spiro atoms. The van der Waals surface area contributed by atoms with Gasteiger partial charge in [0, 0.05) is 24.3 Å². The van der Waals surface area contributed by atoms with E-state index >= 15 is 0 Å². The average molecular weight is 320 g/mol. The molecule has 1 saturated heterocycles. The zero-order valence-corrected chi connectivity index (χ0v) is 13.8. The second kappa shape index (κ2) is 7.00. The van der Waals surface area contributed by atoms with Crippen molar-refractivity contribution in [2.45, 2.75) is 45.3 Å². The van der Waals surface area contributed by atoms with E-state index in [1.807, 2.05) is 0 Å². The van der Waals surface area contributed by atoms with Crippen LogP contribution in [-0.4, -0.2) is 46.8 Å². The molecule has 2 N–H and O–H groups in total. The molecule has 23 heavy (non-hydrogen) atoms. The molecule has 6 nitrogen and oxygen atoms in total. The van der Waals surface area contributed by atoms with Crippen LogP contribution in [0.15, 0.2) is 24.3 Å².